The molecule has 0 spiro atoms. The van der Waals surface area contributed by atoms with E-state index in [2.05, 4.69) is 34.1 Å². The van der Waals surface area contributed by atoms with Crippen LogP contribution in [0.4, 0.5) is 0 Å². The molecular formula is C23H20BrNO2. The Bertz CT molecular complexity index is 1030. The molecular weight excluding hydrogens is 402 g/mol. The van der Waals surface area contributed by atoms with Crippen molar-refractivity contribution in [2.24, 2.45) is 0 Å². The second-order valence-corrected chi connectivity index (χ2v) is 6.78. The first-order valence-electron chi connectivity index (χ1n) is 8.86. The zero-order chi connectivity index (χ0) is 19.2. The average molecular weight is 422 g/mol. The number of benzene rings is 3. The quantitative estimate of drug-likeness (QED) is 0.338. The van der Waals surface area contributed by atoms with E-state index >= 15 is 0 Å². The number of halogens is 1. The van der Waals surface area contributed by atoms with Gasteiger partial charge in [0.25, 0.3) is 0 Å². The number of fused-ring (bicyclic) bond motifs is 1. The zero-order valence-electron chi connectivity index (χ0n) is 15.3. The number of nitriles is 1. The van der Waals surface area contributed by atoms with Gasteiger partial charge in [-0.25, -0.2) is 0 Å². The molecule has 0 aliphatic carbocycles. The third kappa shape index (κ3) is 4.32. The van der Waals surface area contributed by atoms with Crippen LogP contribution in [0, 0.1) is 11.3 Å². The van der Waals surface area contributed by atoms with Gasteiger partial charge in [0.2, 0.25) is 0 Å². The molecule has 3 nitrogen and oxygen atoms in total. The molecule has 3 aromatic rings. The van der Waals surface area contributed by atoms with Gasteiger partial charge >= 0.3 is 0 Å². The van der Waals surface area contributed by atoms with Crippen molar-refractivity contribution in [1.82, 2.24) is 0 Å². The molecule has 0 saturated carbocycles. The number of hydrogen-bond acceptors (Lipinski definition) is 3. The van der Waals surface area contributed by atoms with Crippen LogP contribution in [0.25, 0.3) is 22.4 Å². The van der Waals surface area contributed by atoms with Crippen LogP contribution in [-0.4, -0.2) is 13.2 Å². The maximum Gasteiger partial charge on any atom is 0.175 e. The first-order chi connectivity index (χ1) is 13.2. The third-order valence-electron chi connectivity index (χ3n) is 4.11. The Labute approximate surface area is 168 Å². The van der Waals surface area contributed by atoms with Crippen LogP contribution in [-0.2, 0) is 0 Å². The van der Waals surface area contributed by atoms with E-state index in [1.807, 2.05) is 62.4 Å². The molecule has 0 saturated heterocycles. The Balaban J connectivity index is 2.05. The first kappa shape index (κ1) is 19.0. The molecule has 0 aliphatic rings. The van der Waals surface area contributed by atoms with Crippen molar-refractivity contribution < 1.29 is 9.47 Å². The second kappa shape index (κ2) is 8.75. The minimum Gasteiger partial charge on any atom is -0.490 e. The van der Waals surface area contributed by atoms with Gasteiger partial charge in [0.15, 0.2) is 11.5 Å². The smallest absolute Gasteiger partial charge is 0.175 e. The summed E-state index contributed by atoms with van der Waals surface area (Å²) in [7, 11) is 0. The van der Waals surface area contributed by atoms with E-state index in [4.69, 9.17) is 9.47 Å². The Morgan fingerprint density at radius 1 is 1.00 bits per heavy atom. The van der Waals surface area contributed by atoms with Crippen LogP contribution < -0.4 is 9.47 Å². The molecule has 3 rings (SSSR count). The van der Waals surface area contributed by atoms with E-state index in [-0.39, 0.29) is 0 Å². The highest BCUT2D eigenvalue weighted by molar-refractivity contribution is 9.10. The molecule has 0 aromatic heterocycles. The molecule has 0 fully saturated rings. The molecule has 0 atom stereocenters. The number of ether oxygens (including phenoxy) is 2. The summed E-state index contributed by atoms with van der Waals surface area (Å²) < 4.78 is 12.2. The lowest BCUT2D eigenvalue weighted by Crippen LogP contribution is -1.99. The summed E-state index contributed by atoms with van der Waals surface area (Å²) in [5, 5.41) is 12.0. The number of nitrogens with zero attached hydrogens (tertiary/aromatic N) is 1. The van der Waals surface area contributed by atoms with Gasteiger partial charge in [0.05, 0.1) is 29.3 Å². The van der Waals surface area contributed by atoms with E-state index in [1.165, 1.54) is 0 Å². The van der Waals surface area contributed by atoms with Crippen LogP contribution in [0.1, 0.15) is 25.0 Å². The predicted octanol–water partition coefficient (Wildman–Crippen LogP) is 6.46. The second-order valence-electron chi connectivity index (χ2n) is 5.93. The Morgan fingerprint density at radius 3 is 2.44 bits per heavy atom. The van der Waals surface area contributed by atoms with Gasteiger partial charge in [0.1, 0.15) is 0 Å². The third-order valence-corrected chi connectivity index (χ3v) is 4.70. The summed E-state index contributed by atoms with van der Waals surface area (Å²) >= 11 is 3.55. The van der Waals surface area contributed by atoms with E-state index in [1.54, 1.807) is 0 Å². The van der Waals surface area contributed by atoms with Crippen molar-refractivity contribution >= 4 is 38.4 Å². The van der Waals surface area contributed by atoms with E-state index in [0.717, 1.165) is 26.4 Å². The summed E-state index contributed by atoms with van der Waals surface area (Å²) in [5.74, 6) is 1.34. The SMILES string of the molecule is CCOc1cc(/C=C(/C#N)c2ccc3ccccc3c2)cc(Br)c1OCC. The molecule has 0 unspecified atom stereocenters. The summed E-state index contributed by atoms with van der Waals surface area (Å²) in [6.07, 6.45) is 1.87. The lowest BCUT2D eigenvalue weighted by molar-refractivity contribution is 0.286. The van der Waals surface area contributed by atoms with Gasteiger partial charge in [-0.05, 0) is 76.0 Å². The highest BCUT2D eigenvalue weighted by atomic mass is 79.9. The lowest BCUT2D eigenvalue weighted by atomic mass is 10.00. The summed E-state index contributed by atoms with van der Waals surface area (Å²) in [6.45, 7) is 4.95. The standard InChI is InChI=1S/C23H20BrNO2/c1-3-26-22-13-16(12-21(24)23(22)27-4-2)11-20(15-25)19-10-9-17-7-5-6-8-18(17)14-19/h5-14H,3-4H2,1-2H3/b20-11-. The minimum absolute atomic E-state index is 0.537. The highest BCUT2D eigenvalue weighted by Gasteiger charge is 2.12. The Kier molecular flexibility index (Phi) is 6.16. The van der Waals surface area contributed by atoms with Crippen molar-refractivity contribution in [2.75, 3.05) is 13.2 Å². The number of hydrogen-bond donors (Lipinski definition) is 0. The van der Waals surface area contributed by atoms with Gasteiger partial charge in [-0.15, -0.1) is 0 Å². The summed E-state index contributed by atoms with van der Waals surface area (Å²) in [6, 6.07) is 20.3. The maximum atomic E-state index is 9.71. The lowest BCUT2D eigenvalue weighted by Gasteiger charge is -2.13. The topological polar surface area (TPSA) is 42.2 Å². The molecule has 0 aliphatic heterocycles. The molecule has 3 aromatic carbocycles. The molecule has 0 bridgehead atoms. The number of rotatable bonds is 6. The fraction of sp³-hybridized carbons (Fsp3) is 0.174. The minimum atomic E-state index is 0.537. The monoisotopic (exact) mass is 421 g/mol. The van der Waals surface area contributed by atoms with Crippen LogP contribution in [0.15, 0.2) is 59.1 Å². The molecule has 0 heterocycles. The fourth-order valence-corrected chi connectivity index (χ4v) is 3.50. The molecule has 0 N–H and O–H groups in total. The summed E-state index contributed by atoms with van der Waals surface area (Å²) in [5.41, 5.74) is 2.36. The maximum absolute atomic E-state index is 9.71. The highest BCUT2D eigenvalue weighted by Crippen LogP contribution is 2.38. The predicted molar refractivity (Wildman–Crippen MR) is 114 cm³/mol. The van der Waals surface area contributed by atoms with Crippen molar-refractivity contribution in [3.8, 4) is 17.6 Å². The van der Waals surface area contributed by atoms with Crippen molar-refractivity contribution in [3.63, 3.8) is 0 Å². The van der Waals surface area contributed by atoms with Gasteiger partial charge in [-0.2, -0.15) is 5.26 Å². The first-order valence-corrected chi connectivity index (χ1v) is 9.65. The van der Waals surface area contributed by atoms with Crippen molar-refractivity contribution in [2.45, 2.75) is 13.8 Å². The fourth-order valence-electron chi connectivity index (χ4n) is 2.92. The molecule has 27 heavy (non-hydrogen) atoms. The molecule has 136 valence electrons. The van der Waals surface area contributed by atoms with Gasteiger partial charge in [-0.1, -0.05) is 36.4 Å². The van der Waals surface area contributed by atoms with E-state index < -0.39 is 0 Å². The Morgan fingerprint density at radius 2 is 1.74 bits per heavy atom. The zero-order valence-corrected chi connectivity index (χ0v) is 16.9. The van der Waals surface area contributed by atoms with Crippen molar-refractivity contribution in [1.29, 1.82) is 5.26 Å². The van der Waals surface area contributed by atoms with E-state index in [9.17, 15) is 5.26 Å². The van der Waals surface area contributed by atoms with E-state index in [0.29, 0.717) is 30.3 Å². The normalized spacial score (nSPS) is 11.3. The van der Waals surface area contributed by atoms with Crippen LogP contribution in [0.5, 0.6) is 11.5 Å². The summed E-state index contributed by atoms with van der Waals surface area (Å²) in [4.78, 5) is 0. The number of allylic oxidation sites excluding steroid dienone is 1. The van der Waals surface area contributed by atoms with Crippen LogP contribution in [0.3, 0.4) is 0 Å². The Hall–Kier alpha value is -2.77. The average Bonchev–Trinajstić information content (AvgIpc) is 2.68. The van der Waals surface area contributed by atoms with Gasteiger partial charge in [0, 0.05) is 0 Å². The van der Waals surface area contributed by atoms with Gasteiger partial charge < -0.3 is 9.47 Å². The molecule has 4 heteroatoms. The molecule has 0 radical (unpaired) electrons. The van der Waals surface area contributed by atoms with Crippen LogP contribution in [0.2, 0.25) is 0 Å². The van der Waals surface area contributed by atoms with Crippen LogP contribution >= 0.6 is 15.9 Å². The van der Waals surface area contributed by atoms with Gasteiger partial charge in [-0.3, -0.25) is 0 Å². The molecule has 0 amide bonds. The van der Waals surface area contributed by atoms with Crippen molar-refractivity contribution in [3.05, 3.63) is 70.2 Å². The largest absolute Gasteiger partial charge is 0.490 e.